The Morgan fingerprint density at radius 2 is 1.89 bits per heavy atom. The fourth-order valence-corrected chi connectivity index (χ4v) is 5.38. The summed E-state index contributed by atoms with van der Waals surface area (Å²) in [4.78, 5) is 30.8. The van der Waals surface area contributed by atoms with Gasteiger partial charge in [-0.1, -0.05) is 13.8 Å². The predicted octanol–water partition coefficient (Wildman–Crippen LogP) is 4.43. The zero-order valence-electron chi connectivity index (χ0n) is 22.7. The number of morpholine rings is 1. The third-order valence-corrected chi connectivity index (χ3v) is 7.31. The molecule has 2 N–H and O–H groups in total. The van der Waals surface area contributed by atoms with Gasteiger partial charge in [0, 0.05) is 61.1 Å². The monoisotopic (exact) mass is 520 g/mol. The lowest BCUT2D eigenvalue weighted by Crippen LogP contribution is -2.38. The van der Waals surface area contributed by atoms with Gasteiger partial charge in [-0.3, -0.25) is 9.69 Å². The van der Waals surface area contributed by atoms with E-state index in [1.165, 1.54) is 29.5 Å². The Balaban J connectivity index is 1.36. The summed E-state index contributed by atoms with van der Waals surface area (Å²) in [6.45, 7) is 10.5. The van der Waals surface area contributed by atoms with Crippen LogP contribution in [0.25, 0.3) is 10.9 Å². The van der Waals surface area contributed by atoms with Crippen molar-refractivity contribution in [2.45, 2.75) is 52.4 Å². The average Bonchev–Trinajstić information content (AvgIpc) is 3.31. The van der Waals surface area contributed by atoms with Crippen LogP contribution in [0.3, 0.4) is 0 Å². The molecule has 2 aromatic heterocycles. The van der Waals surface area contributed by atoms with Crippen LogP contribution < -0.4 is 15.0 Å². The smallest absolute Gasteiger partial charge is 0.274 e. The number of aromatic nitrogens is 3. The molecule has 0 atom stereocenters. The second-order valence-corrected chi connectivity index (χ2v) is 10.2. The van der Waals surface area contributed by atoms with Crippen LogP contribution in [0.15, 0.2) is 24.3 Å². The van der Waals surface area contributed by atoms with Crippen LogP contribution >= 0.6 is 0 Å². The number of hydrogen-bond acceptors (Lipinski definition) is 7. The Hall–Kier alpha value is -3.17. The lowest BCUT2D eigenvalue weighted by molar-refractivity contribution is 0.0320. The summed E-state index contributed by atoms with van der Waals surface area (Å²) < 4.78 is 11.5. The number of rotatable bonds is 11. The van der Waals surface area contributed by atoms with Crippen molar-refractivity contribution in [3.63, 3.8) is 0 Å². The maximum absolute atomic E-state index is 13.4. The zero-order chi connectivity index (χ0) is 26.3. The van der Waals surface area contributed by atoms with E-state index in [1.54, 1.807) is 6.07 Å². The van der Waals surface area contributed by atoms with Crippen LogP contribution in [0.1, 0.15) is 61.3 Å². The van der Waals surface area contributed by atoms with E-state index in [1.807, 2.05) is 6.07 Å². The third-order valence-electron chi connectivity index (χ3n) is 7.31. The molecule has 1 aliphatic heterocycles. The van der Waals surface area contributed by atoms with E-state index in [0.717, 1.165) is 82.8 Å². The number of ether oxygens (including phenoxy) is 2. The highest BCUT2D eigenvalue weighted by atomic mass is 16.5. The van der Waals surface area contributed by atoms with Crippen LogP contribution in [-0.2, 0) is 17.6 Å². The summed E-state index contributed by atoms with van der Waals surface area (Å²) in [5.74, 6) is 0.710. The fraction of sp³-hybridized carbons (Fsp3) is 0.552. The molecule has 0 unspecified atom stereocenters. The van der Waals surface area contributed by atoms with Gasteiger partial charge in [0.1, 0.15) is 12.3 Å². The number of aromatic amines is 1. The van der Waals surface area contributed by atoms with Gasteiger partial charge in [-0.2, -0.15) is 4.98 Å². The quantitative estimate of drug-likeness (QED) is 0.386. The highest BCUT2D eigenvalue weighted by Crippen LogP contribution is 2.31. The summed E-state index contributed by atoms with van der Waals surface area (Å²) in [5.41, 5.74) is 4.93. The molecule has 1 saturated heterocycles. The van der Waals surface area contributed by atoms with Crippen molar-refractivity contribution < 1.29 is 14.3 Å². The molecule has 2 aliphatic rings. The largest absolute Gasteiger partial charge is 0.476 e. The van der Waals surface area contributed by atoms with Gasteiger partial charge in [-0.05, 0) is 62.3 Å². The Kier molecular flexibility index (Phi) is 8.75. The number of H-pyrrole nitrogens is 1. The normalized spacial score (nSPS) is 15.8. The molecule has 3 aromatic rings. The topological polar surface area (TPSA) is 95.6 Å². The predicted molar refractivity (Wildman–Crippen MR) is 150 cm³/mol. The number of hydrogen-bond donors (Lipinski definition) is 2. The van der Waals surface area contributed by atoms with Crippen molar-refractivity contribution in [2.75, 3.05) is 62.8 Å². The summed E-state index contributed by atoms with van der Waals surface area (Å²) in [6.07, 6.45) is 6.54. The van der Waals surface area contributed by atoms with Gasteiger partial charge in [0.2, 0.25) is 11.8 Å². The Labute approximate surface area is 224 Å². The van der Waals surface area contributed by atoms with E-state index in [0.29, 0.717) is 24.1 Å². The first kappa shape index (κ1) is 26.4. The summed E-state index contributed by atoms with van der Waals surface area (Å²) >= 11 is 0. The molecular weight excluding hydrogens is 480 g/mol. The standard InChI is InChI=1S/C29H40N6O3/c1-3-11-35(12-4-2)29-32-26(20-27(33-29)38-18-15-34-13-16-37-17-14-34)28(36)30-21-9-10-25-23(19-21)22-7-5-6-8-24(22)31-25/h9-10,19-20,31H,3-8,11-18H2,1-2H3,(H,30,36). The maximum Gasteiger partial charge on any atom is 0.274 e. The van der Waals surface area contributed by atoms with Gasteiger partial charge < -0.3 is 24.7 Å². The number of benzene rings is 1. The van der Waals surface area contributed by atoms with Crippen molar-refractivity contribution in [1.82, 2.24) is 19.9 Å². The van der Waals surface area contributed by atoms with Crippen molar-refractivity contribution in [2.24, 2.45) is 0 Å². The molecule has 1 aliphatic carbocycles. The van der Waals surface area contributed by atoms with Crippen LogP contribution in [0, 0.1) is 0 Å². The molecule has 204 valence electrons. The average molecular weight is 521 g/mol. The van der Waals surface area contributed by atoms with Gasteiger partial charge in [0.25, 0.3) is 5.91 Å². The van der Waals surface area contributed by atoms with Crippen molar-refractivity contribution >= 4 is 28.4 Å². The van der Waals surface area contributed by atoms with Gasteiger partial charge in [-0.15, -0.1) is 0 Å². The van der Waals surface area contributed by atoms with Crippen molar-refractivity contribution in [3.8, 4) is 5.88 Å². The molecular formula is C29H40N6O3. The molecule has 3 heterocycles. The van der Waals surface area contributed by atoms with E-state index in [-0.39, 0.29) is 5.91 Å². The number of nitrogens with one attached hydrogen (secondary N) is 2. The van der Waals surface area contributed by atoms with E-state index in [4.69, 9.17) is 14.5 Å². The minimum atomic E-state index is -0.261. The molecule has 1 aromatic carbocycles. The number of anilines is 2. The first-order chi connectivity index (χ1) is 18.6. The lowest BCUT2D eigenvalue weighted by Gasteiger charge is -2.26. The minimum Gasteiger partial charge on any atom is -0.476 e. The van der Waals surface area contributed by atoms with E-state index in [9.17, 15) is 4.79 Å². The number of nitrogens with zero attached hydrogens (tertiary/aromatic N) is 4. The van der Waals surface area contributed by atoms with Gasteiger partial charge in [0.15, 0.2) is 0 Å². The number of carbonyl (C=O) groups is 1. The van der Waals surface area contributed by atoms with Crippen molar-refractivity contribution in [3.05, 3.63) is 41.2 Å². The van der Waals surface area contributed by atoms with Crippen LogP contribution in [-0.4, -0.2) is 78.3 Å². The summed E-state index contributed by atoms with van der Waals surface area (Å²) in [6, 6.07) is 7.74. The first-order valence-electron chi connectivity index (χ1n) is 14.2. The molecule has 0 saturated carbocycles. The summed E-state index contributed by atoms with van der Waals surface area (Å²) in [5, 5.41) is 4.27. The molecule has 9 nitrogen and oxygen atoms in total. The highest BCUT2D eigenvalue weighted by molar-refractivity contribution is 6.04. The molecule has 38 heavy (non-hydrogen) atoms. The number of amides is 1. The fourth-order valence-electron chi connectivity index (χ4n) is 5.38. The molecule has 1 fully saturated rings. The molecule has 0 bridgehead atoms. The zero-order valence-corrected chi connectivity index (χ0v) is 22.7. The van der Waals surface area contributed by atoms with Crippen LogP contribution in [0.2, 0.25) is 0 Å². The number of fused-ring (bicyclic) bond motifs is 3. The summed E-state index contributed by atoms with van der Waals surface area (Å²) in [7, 11) is 0. The Bertz CT molecular complexity index is 1230. The number of carbonyl (C=O) groups excluding carboxylic acids is 1. The third kappa shape index (κ3) is 6.27. The first-order valence-corrected chi connectivity index (χ1v) is 14.2. The molecule has 5 rings (SSSR count). The molecule has 9 heteroatoms. The van der Waals surface area contributed by atoms with Crippen LogP contribution in [0.5, 0.6) is 5.88 Å². The van der Waals surface area contributed by atoms with Gasteiger partial charge in [-0.25, -0.2) is 4.98 Å². The van der Waals surface area contributed by atoms with E-state index < -0.39 is 0 Å². The van der Waals surface area contributed by atoms with E-state index >= 15 is 0 Å². The minimum absolute atomic E-state index is 0.261. The SMILES string of the molecule is CCCN(CCC)c1nc(OCCN2CCOCC2)cc(C(=O)Nc2ccc3[nH]c4c(c3c2)CCCC4)n1. The second-order valence-electron chi connectivity index (χ2n) is 10.2. The van der Waals surface area contributed by atoms with Crippen molar-refractivity contribution in [1.29, 1.82) is 0 Å². The lowest BCUT2D eigenvalue weighted by atomic mass is 9.95. The van der Waals surface area contributed by atoms with Gasteiger partial charge in [0.05, 0.1) is 13.2 Å². The number of aryl methyl sites for hydroxylation is 2. The molecule has 0 radical (unpaired) electrons. The second kappa shape index (κ2) is 12.6. The Morgan fingerprint density at radius 3 is 2.68 bits per heavy atom. The van der Waals surface area contributed by atoms with Crippen LogP contribution in [0.4, 0.5) is 11.6 Å². The maximum atomic E-state index is 13.4. The Morgan fingerprint density at radius 1 is 1.11 bits per heavy atom. The highest BCUT2D eigenvalue weighted by Gasteiger charge is 2.19. The van der Waals surface area contributed by atoms with E-state index in [2.05, 4.69) is 51.1 Å². The van der Waals surface area contributed by atoms with Gasteiger partial charge >= 0.3 is 0 Å². The molecule has 0 spiro atoms. The molecule has 1 amide bonds.